The van der Waals surface area contributed by atoms with Crippen molar-refractivity contribution in [2.75, 3.05) is 6.54 Å². The average molecular weight is 427 g/mol. The first-order valence-corrected chi connectivity index (χ1v) is 10.1. The SMILES string of the molecule is CCc1noc(-c2ccc(CCNC(=O)C(C)NC(=O)c3ccccc3Cl)cc2)n1. The Bertz CT molecular complexity index is 1020. The third-order valence-corrected chi connectivity index (χ3v) is 4.89. The fourth-order valence-corrected chi connectivity index (χ4v) is 3.02. The minimum Gasteiger partial charge on any atom is -0.354 e. The summed E-state index contributed by atoms with van der Waals surface area (Å²) in [5, 5.41) is 9.73. The molecule has 7 nitrogen and oxygen atoms in total. The predicted molar refractivity (Wildman–Crippen MR) is 114 cm³/mol. The van der Waals surface area contributed by atoms with Crippen molar-refractivity contribution in [1.82, 2.24) is 20.8 Å². The number of halogens is 1. The van der Waals surface area contributed by atoms with Gasteiger partial charge in [0.2, 0.25) is 5.91 Å². The Labute approximate surface area is 179 Å². The van der Waals surface area contributed by atoms with Crippen LogP contribution in [-0.2, 0) is 17.6 Å². The van der Waals surface area contributed by atoms with E-state index in [9.17, 15) is 9.59 Å². The summed E-state index contributed by atoms with van der Waals surface area (Å²) in [5.41, 5.74) is 2.25. The molecule has 8 heteroatoms. The fourth-order valence-electron chi connectivity index (χ4n) is 2.80. The zero-order chi connectivity index (χ0) is 21.5. The number of nitrogens with one attached hydrogen (secondary N) is 2. The van der Waals surface area contributed by atoms with Crippen LogP contribution < -0.4 is 10.6 Å². The topological polar surface area (TPSA) is 97.1 Å². The minimum absolute atomic E-state index is 0.259. The Balaban J connectivity index is 1.46. The number of carbonyl (C=O) groups excluding carboxylic acids is 2. The van der Waals surface area contributed by atoms with E-state index in [1.54, 1.807) is 31.2 Å². The van der Waals surface area contributed by atoms with E-state index < -0.39 is 6.04 Å². The summed E-state index contributed by atoms with van der Waals surface area (Å²) in [7, 11) is 0. The summed E-state index contributed by atoms with van der Waals surface area (Å²) in [6.07, 6.45) is 1.37. The zero-order valence-corrected chi connectivity index (χ0v) is 17.6. The molecular weight excluding hydrogens is 404 g/mol. The van der Waals surface area contributed by atoms with Crippen LogP contribution in [0.2, 0.25) is 5.02 Å². The molecule has 2 amide bonds. The number of benzene rings is 2. The Morgan fingerprint density at radius 1 is 1.13 bits per heavy atom. The van der Waals surface area contributed by atoms with Crippen LogP contribution in [0.3, 0.4) is 0 Å². The molecule has 0 saturated carbocycles. The predicted octanol–water partition coefficient (Wildman–Crippen LogP) is 3.43. The van der Waals surface area contributed by atoms with Gasteiger partial charge in [0, 0.05) is 18.5 Å². The lowest BCUT2D eigenvalue weighted by Crippen LogP contribution is -2.45. The maximum atomic E-state index is 12.3. The molecule has 30 heavy (non-hydrogen) atoms. The second kappa shape index (κ2) is 10.0. The standard InChI is InChI=1S/C22H23ClN4O3/c1-3-19-26-22(30-27-19)16-10-8-15(9-11-16)12-13-24-20(28)14(2)25-21(29)17-6-4-5-7-18(17)23/h4-11,14H,3,12-13H2,1-2H3,(H,24,28)(H,25,29). The molecule has 0 aliphatic heterocycles. The Morgan fingerprint density at radius 2 is 1.87 bits per heavy atom. The van der Waals surface area contributed by atoms with E-state index in [0.29, 0.717) is 35.3 Å². The molecular formula is C22H23ClN4O3. The highest BCUT2D eigenvalue weighted by Crippen LogP contribution is 2.18. The molecule has 2 N–H and O–H groups in total. The molecule has 156 valence electrons. The first kappa shape index (κ1) is 21.5. The number of hydrogen-bond donors (Lipinski definition) is 2. The van der Waals surface area contributed by atoms with Gasteiger partial charge in [-0.3, -0.25) is 9.59 Å². The third kappa shape index (κ3) is 5.45. The molecule has 1 atom stereocenters. The summed E-state index contributed by atoms with van der Waals surface area (Å²) in [4.78, 5) is 28.8. The lowest BCUT2D eigenvalue weighted by atomic mass is 10.1. The first-order chi connectivity index (χ1) is 14.5. The van der Waals surface area contributed by atoms with Crippen molar-refractivity contribution in [3.05, 3.63) is 70.5 Å². The van der Waals surface area contributed by atoms with Crippen molar-refractivity contribution >= 4 is 23.4 Å². The molecule has 1 aromatic heterocycles. The van der Waals surface area contributed by atoms with Crippen molar-refractivity contribution in [2.24, 2.45) is 0 Å². The van der Waals surface area contributed by atoms with Gasteiger partial charge in [0.15, 0.2) is 5.82 Å². The zero-order valence-electron chi connectivity index (χ0n) is 16.8. The Hall–Kier alpha value is -3.19. The molecule has 0 fully saturated rings. The van der Waals surface area contributed by atoms with E-state index in [2.05, 4.69) is 20.8 Å². The summed E-state index contributed by atoms with van der Waals surface area (Å²) in [6.45, 7) is 4.05. The average Bonchev–Trinajstić information content (AvgIpc) is 3.23. The largest absolute Gasteiger partial charge is 0.354 e. The molecule has 0 spiro atoms. The van der Waals surface area contributed by atoms with Crippen LogP contribution in [0.1, 0.15) is 35.6 Å². The number of rotatable bonds is 8. The summed E-state index contributed by atoms with van der Waals surface area (Å²) >= 11 is 6.02. The van der Waals surface area contributed by atoms with Crippen LogP contribution in [-0.4, -0.2) is 34.5 Å². The van der Waals surface area contributed by atoms with Crippen LogP contribution in [0.15, 0.2) is 53.1 Å². The maximum absolute atomic E-state index is 12.3. The van der Waals surface area contributed by atoms with Crippen molar-refractivity contribution in [3.63, 3.8) is 0 Å². The number of carbonyl (C=O) groups is 2. The van der Waals surface area contributed by atoms with Gasteiger partial charge in [-0.25, -0.2) is 0 Å². The van der Waals surface area contributed by atoms with Crippen molar-refractivity contribution in [1.29, 1.82) is 0 Å². The minimum atomic E-state index is -0.679. The quantitative estimate of drug-likeness (QED) is 0.575. The van der Waals surface area contributed by atoms with Gasteiger partial charge in [0.25, 0.3) is 11.8 Å². The molecule has 0 bridgehead atoms. The van der Waals surface area contributed by atoms with E-state index in [1.807, 2.05) is 31.2 Å². The van der Waals surface area contributed by atoms with Gasteiger partial charge in [-0.1, -0.05) is 47.9 Å². The molecule has 1 unspecified atom stereocenters. The van der Waals surface area contributed by atoms with Crippen molar-refractivity contribution < 1.29 is 14.1 Å². The Kier molecular flexibility index (Phi) is 7.19. The summed E-state index contributed by atoms with van der Waals surface area (Å²) in [5.74, 6) is 0.526. The van der Waals surface area contributed by atoms with Gasteiger partial charge in [0.1, 0.15) is 6.04 Å². The van der Waals surface area contributed by atoms with Crippen LogP contribution in [0, 0.1) is 0 Å². The van der Waals surface area contributed by atoms with E-state index in [-0.39, 0.29) is 11.8 Å². The van der Waals surface area contributed by atoms with Crippen molar-refractivity contribution in [3.8, 4) is 11.5 Å². The molecule has 3 aromatic rings. The highest BCUT2D eigenvalue weighted by atomic mass is 35.5. The van der Waals surface area contributed by atoms with Crippen LogP contribution in [0.25, 0.3) is 11.5 Å². The number of amides is 2. The number of hydrogen-bond acceptors (Lipinski definition) is 5. The van der Waals surface area contributed by atoms with Crippen LogP contribution in [0.5, 0.6) is 0 Å². The lowest BCUT2D eigenvalue weighted by Gasteiger charge is -2.14. The number of aromatic nitrogens is 2. The highest BCUT2D eigenvalue weighted by molar-refractivity contribution is 6.33. The van der Waals surface area contributed by atoms with Gasteiger partial charge in [-0.05, 0) is 43.2 Å². The monoisotopic (exact) mass is 426 g/mol. The maximum Gasteiger partial charge on any atom is 0.257 e. The molecule has 0 aliphatic carbocycles. The molecule has 2 aromatic carbocycles. The van der Waals surface area contributed by atoms with Crippen molar-refractivity contribution in [2.45, 2.75) is 32.7 Å². The molecule has 0 radical (unpaired) electrons. The third-order valence-electron chi connectivity index (χ3n) is 4.56. The van der Waals surface area contributed by atoms with Gasteiger partial charge < -0.3 is 15.2 Å². The fraction of sp³-hybridized carbons (Fsp3) is 0.273. The lowest BCUT2D eigenvalue weighted by molar-refractivity contribution is -0.122. The van der Waals surface area contributed by atoms with Gasteiger partial charge >= 0.3 is 0 Å². The van der Waals surface area contributed by atoms with E-state index >= 15 is 0 Å². The van der Waals surface area contributed by atoms with E-state index in [1.165, 1.54) is 0 Å². The van der Waals surface area contributed by atoms with Crippen LogP contribution >= 0.6 is 11.6 Å². The van der Waals surface area contributed by atoms with Crippen LogP contribution in [0.4, 0.5) is 0 Å². The number of aryl methyl sites for hydroxylation is 1. The summed E-state index contributed by atoms with van der Waals surface area (Å²) in [6, 6.07) is 13.8. The van der Waals surface area contributed by atoms with Gasteiger partial charge in [0.05, 0.1) is 10.6 Å². The second-order valence-corrected chi connectivity index (χ2v) is 7.19. The van der Waals surface area contributed by atoms with Gasteiger partial charge in [-0.15, -0.1) is 0 Å². The van der Waals surface area contributed by atoms with E-state index in [4.69, 9.17) is 16.1 Å². The smallest absolute Gasteiger partial charge is 0.257 e. The molecule has 0 saturated heterocycles. The molecule has 1 heterocycles. The molecule has 0 aliphatic rings. The molecule has 3 rings (SSSR count). The highest BCUT2D eigenvalue weighted by Gasteiger charge is 2.17. The first-order valence-electron chi connectivity index (χ1n) is 9.73. The van der Waals surface area contributed by atoms with Gasteiger partial charge in [-0.2, -0.15) is 4.98 Å². The summed E-state index contributed by atoms with van der Waals surface area (Å²) < 4.78 is 5.23. The normalized spacial score (nSPS) is 11.7. The Morgan fingerprint density at radius 3 is 2.53 bits per heavy atom. The second-order valence-electron chi connectivity index (χ2n) is 6.78. The van der Waals surface area contributed by atoms with E-state index in [0.717, 1.165) is 17.5 Å². The number of nitrogens with zero attached hydrogens (tertiary/aromatic N) is 2.